The standard InChI is InChI=1S/C17H17BrFNO/c1-12(2-3-13-4-8-15(18)9-5-13)20-17(21)14-6-10-16(19)11-7-14/h4-12H,2-3H2,1H3,(H,20,21). The minimum Gasteiger partial charge on any atom is -0.350 e. The first kappa shape index (κ1) is 15.7. The lowest BCUT2D eigenvalue weighted by Crippen LogP contribution is -2.32. The van der Waals surface area contributed by atoms with Crippen LogP contribution in [0.2, 0.25) is 0 Å². The van der Waals surface area contributed by atoms with E-state index in [9.17, 15) is 9.18 Å². The SMILES string of the molecule is CC(CCc1ccc(Br)cc1)NC(=O)c1ccc(F)cc1. The Morgan fingerprint density at radius 1 is 1.14 bits per heavy atom. The maximum Gasteiger partial charge on any atom is 0.251 e. The number of hydrogen-bond donors (Lipinski definition) is 1. The fourth-order valence-corrected chi connectivity index (χ4v) is 2.28. The number of benzene rings is 2. The van der Waals surface area contributed by atoms with Crippen LogP contribution in [-0.2, 0) is 6.42 Å². The Morgan fingerprint density at radius 3 is 2.38 bits per heavy atom. The first-order chi connectivity index (χ1) is 10.0. The Labute approximate surface area is 132 Å². The lowest BCUT2D eigenvalue weighted by atomic mass is 10.1. The molecule has 4 heteroatoms. The van der Waals surface area contributed by atoms with Crippen LogP contribution in [0.15, 0.2) is 53.0 Å². The summed E-state index contributed by atoms with van der Waals surface area (Å²) in [5.41, 5.74) is 1.72. The maximum atomic E-state index is 12.8. The molecule has 110 valence electrons. The highest BCUT2D eigenvalue weighted by Gasteiger charge is 2.09. The number of halogens is 2. The van der Waals surface area contributed by atoms with Crippen molar-refractivity contribution in [3.05, 3.63) is 69.9 Å². The highest BCUT2D eigenvalue weighted by molar-refractivity contribution is 9.10. The molecule has 1 atom stereocenters. The first-order valence-electron chi connectivity index (χ1n) is 6.85. The number of hydrogen-bond acceptors (Lipinski definition) is 1. The first-order valence-corrected chi connectivity index (χ1v) is 7.65. The second-order valence-corrected chi connectivity index (χ2v) is 5.96. The van der Waals surface area contributed by atoms with Crippen molar-refractivity contribution in [2.75, 3.05) is 0 Å². The summed E-state index contributed by atoms with van der Waals surface area (Å²) >= 11 is 3.41. The fourth-order valence-electron chi connectivity index (χ4n) is 2.01. The van der Waals surface area contributed by atoms with Gasteiger partial charge in [-0.1, -0.05) is 28.1 Å². The highest BCUT2D eigenvalue weighted by atomic mass is 79.9. The Bertz CT molecular complexity index is 595. The Balaban J connectivity index is 1.83. The van der Waals surface area contributed by atoms with Crippen LogP contribution < -0.4 is 5.32 Å². The van der Waals surface area contributed by atoms with Crippen molar-refractivity contribution in [2.45, 2.75) is 25.8 Å². The van der Waals surface area contributed by atoms with Gasteiger partial charge in [-0.15, -0.1) is 0 Å². The Hall–Kier alpha value is -1.68. The number of nitrogens with one attached hydrogen (secondary N) is 1. The average molecular weight is 350 g/mol. The minimum absolute atomic E-state index is 0.0613. The summed E-state index contributed by atoms with van der Waals surface area (Å²) in [6, 6.07) is 13.8. The molecule has 0 spiro atoms. The van der Waals surface area contributed by atoms with Crippen LogP contribution >= 0.6 is 15.9 Å². The second-order valence-electron chi connectivity index (χ2n) is 5.05. The van der Waals surface area contributed by atoms with Gasteiger partial charge in [0.1, 0.15) is 5.82 Å². The van der Waals surface area contributed by atoms with Gasteiger partial charge in [0.05, 0.1) is 0 Å². The van der Waals surface area contributed by atoms with Gasteiger partial charge in [0.25, 0.3) is 5.91 Å². The van der Waals surface area contributed by atoms with E-state index in [0.29, 0.717) is 5.56 Å². The molecule has 1 unspecified atom stereocenters. The summed E-state index contributed by atoms with van der Waals surface area (Å²) in [7, 11) is 0. The van der Waals surface area contributed by atoms with Crippen LogP contribution in [0.1, 0.15) is 29.3 Å². The third-order valence-corrected chi connectivity index (χ3v) is 3.79. The van der Waals surface area contributed by atoms with Gasteiger partial charge in [-0.05, 0) is 61.7 Å². The van der Waals surface area contributed by atoms with Crippen molar-refractivity contribution in [1.82, 2.24) is 5.32 Å². The molecule has 2 rings (SSSR count). The zero-order valence-electron chi connectivity index (χ0n) is 11.8. The third kappa shape index (κ3) is 4.97. The van der Waals surface area contributed by atoms with E-state index in [-0.39, 0.29) is 17.8 Å². The monoisotopic (exact) mass is 349 g/mol. The molecule has 0 aromatic heterocycles. The van der Waals surface area contributed by atoms with Crippen molar-refractivity contribution in [3.63, 3.8) is 0 Å². The van der Waals surface area contributed by atoms with Gasteiger partial charge in [-0.25, -0.2) is 4.39 Å². The molecule has 2 aromatic carbocycles. The van der Waals surface area contributed by atoms with Gasteiger partial charge in [0, 0.05) is 16.1 Å². The van der Waals surface area contributed by atoms with Gasteiger partial charge in [-0.3, -0.25) is 4.79 Å². The lowest BCUT2D eigenvalue weighted by Gasteiger charge is -2.14. The number of aryl methyl sites for hydroxylation is 1. The molecule has 0 fully saturated rings. The van der Waals surface area contributed by atoms with Crippen LogP contribution in [0.3, 0.4) is 0 Å². The van der Waals surface area contributed by atoms with Crippen LogP contribution in [0.25, 0.3) is 0 Å². The lowest BCUT2D eigenvalue weighted by molar-refractivity contribution is 0.0938. The van der Waals surface area contributed by atoms with Crippen LogP contribution in [-0.4, -0.2) is 11.9 Å². The van der Waals surface area contributed by atoms with Crippen LogP contribution in [0.5, 0.6) is 0 Å². The molecule has 2 aromatic rings. The van der Waals surface area contributed by atoms with E-state index in [1.807, 2.05) is 19.1 Å². The molecule has 0 saturated heterocycles. The molecule has 2 nitrogen and oxygen atoms in total. The van der Waals surface area contributed by atoms with Crippen molar-refractivity contribution < 1.29 is 9.18 Å². The quantitative estimate of drug-likeness (QED) is 0.854. The third-order valence-electron chi connectivity index (χ3n) is 3.26. The van der Waals surface area contributed by atoms with Crippen molar-refractivity contribution in [2.24, 2.45) is 0 Å². The molecule has 0 aliphatic carbocycles. The molecule has 0 saturated carbocycles. The van der Waals surface area contributed by atoms with Gasteiger partial charge in [0.2, 0.25) is 0 Å². The van der Waals surface area contributed by atoms with Crippen molar-refractivity contribution in [1.29, 1.82) is 0 Å². The van der Waals surface area contributed by atoms with Gasteiger partial charge < -0.3 is 5.32 Å². The fraction of sp³-hybridized carbons (Fsp3) is 0.235. The average Bonchev–Trinajstić information content (AvgIpc) is 2.47. The maximum absolute atomic E-state index is 12.8. The second kappa shape index (κ2) is 7.36. The molecule has 0 heterocycles. The van der Waals surface area contributed by atoms with E-state index >= 15 is 0 Å². The summed E-state index contributed by atoms with van der Waals surface area (Å²) in [4.78, 5) is 12.0. The number of carbonyl (C=O) groups is 1. The number of rotatable bonds is 5. The molecule has 1 amide bonds. The van der Waals surface area contributed by atoms with Gasteiger partial charge >= 0.3 is 0 Å². The number of amides is 1. The van der Waals surface area contributed by atoms with Crippen molar-refractivity contribution >= 4 is 21.8 Å². The molecule has 1 N–H and O–H groups in total. The Kier molecular flexibility index (Phi) is 5.51. The molecular weight excluding hydrogens is 333 g/mol. The van der Waals surface area contributed by atoms with E-state index in [4.69, 9.17) is 0 Å². The molecular formula is C17H17BrFNO. The van der Waals surface area contributed by atoms with E-state index in [0.717, 1.165) is 17.3 Å². The van der Waals surface area contributed by atoms with E-state index in [2.05, 4.69) is 33.4 Å². The largest absolute Gasteiger partial charge is 0.350 e. The number of carbonyl (C=O) groups excluding carboxylic acids is 1. The molecule has 0 aliphatic heterocycles. The topological polar surface area (TPSA) is 29.1 Å². The molecule has 21 heavy (non-hydrogen) atoms. The predicted molar refractivity (Wildman–Crippen MR) is 85.8 cm³/mol. The van der Waals surface area contributed by atoms with Crippen LogP contribution in [0.4, 0.5) is 4.39 Å². The summed E-state index contributed by atoms with van der Waals surface area (Å²) < 4.78 is 13.9. The highest BCUT2D eigenvalue weighted by Crippen LogP contribution is 2.12. The summed E-state index contributed by atoms with van der Waals surface area (Å²) in [5, 5.41) is 2.93. The summed E-state index contributed by atoms with van der Waals surface area (Å²) in [6.07, 6.45) is 1.76. The van der Waals surface area contributed by atoms with E-state index in [1.165, 1.54) is 29.8 Å². The zero-order valence-corrected chi connectivity index (χ0v) is 13.4. The zero-order chi connectivity index (χ0) is 15.2. The smallest absolute Gasteiger partial charge is 0.251 e. The molecule has 0 bridgehead atoms. The van der Waals surface area contributed by atoms with Crippen molar-refractivity contribution in [3.8, 4) is 0 Å². The predicted octanol–water partition coefficient (Wildman–Crippen LogP) is 4.34. The summed E-state index contributed by atoms with van der Waals surface area (Å²) in [6.45, 7) is 1.97. The van der Waals surface area contributed by atoms with Gasteiger partial charge in [0.15, 0.2) is 0 Å². The van der Waals surface area contributed by atoms with E-state index < -0.39 is 0 Å². The van der Waals surface area contributed by atoms with Crippen LogP contribution in [0, 0.1) is 5.82 Å². The molecule has 0 radical (unpaired) electrons. The minimum atomic E-state index is -0.338. The Morgan fingerprint density at radius 2 is 1.76 bits per heavy atom. The normalized spacial score (nSPS) is 12.0. The summed E-state index contributed by atoms with van der Waals surface area (Å²) in [5.74, 6) is -0.506. The van der Waals surface area contributed by atoms with E-state index in [1.54, 1.807) is 0 Å². The van der Waals surface area contributed by atoms with Gasteiger partial charge in [-0.2, -0.15) is 0 Å². The molecule has 0 aliphatic rings.